The minimum Gasteiger partial charge on any atom is -0.444 e. The number of aliphatic hydroxyl groups is 1. The SMILES string of the molecule is Cc1ccccc1C(O)[C@]12CCC3(C[C@@H]1CCN(C(=O)OC(C)(C)C)C2)OCCO3. The van der Waals surface area contributed by atoms with Crippen LogP contribution in [0.4, 0.5) is 4.79 Å². The van der Waals surface area contributed by atoms with Crippen molar-refractivity contribution >= 4 is 6.09 Å². The maximum Gasteiger partial charge on any atom is 0.410 e. The van der Waals surface area contributed by atoms with Gasteiger partial charge in [0, 0.05) is 31.3 Å². The van der Waals surface area contributed by atoms with E-state index in [9.17, 15) is 9.90 Å². The van der Waals surface area contributed by atoms with Crippen LogP contribution >= 0.6 is 0 Å². The molecule has 1 aliphatic carbocycles. The second-order valence-electron chi connectivity index (χ2n) is 10.2. The number of carbonyl (C=O) groups is 1. The molecular formula is C24H35NO5. The smallest absolute Gasteiger partial charge is 0.410 e. The van der Waals surface area contributed by atoms with Crippen molar-refractivity contribution in [2.75, 3.05) is 26.3 Å². The van der Waals surface area contributed by atoms with E-state index in [0.717, 1.165) is 36.8 Å². The van der Waals surface area contributed by atoms with E-state index in [1.807, 2.05) is 52.0 Å². The second kappa shape index (κ2) is 7.81. The van der Waals surface area contributed by atoms with E-state index in [0.29, 0.717) is 26.3 Å². The second-order valence-corrected chi connectivity index (χ2v) is 10.2. The third kappa shape index (κ3) is 3.97. The Morgan fingerprint density at radius 3 is 2.60 bits per heavy atom. The molecule has 1 aromatic carbocycles. The molecule has 6 heteroatoms. The van der Waals surface area contributed by atoms with E-state index in [1.165, 1.54) is 0 Å². The summed E-state index contributed by atoms with van der Waals surface area (Å²) in [5.41, 5.74) is 1.03. The number of likely N-dealkylation sites (tertiary alicyclic amines) is 1. The Bertz CT molecular complexity index is 782. The van der Waals surface area contributed by atoms with Crippen molar-refractivity contribution in [1.29, 1.82) is 0 Å². The van der Waals surface area contributed by atoms with Gasteiger partial charge in [-0.1, -0.05) is 24.3 Å². The fourth-order valence-electron chi connectivity index (χ4n) is 5.54. The highest BCUT2D eigenvalue weighted by atomic mass is 16.7. The predicted octanol–water partition coefficient (Wildman–Crippen LogP) is 4.20. The topological polar surface area (TPSA) is 68.2 Å². The number of nitrogens with zero attached hydrogens (tertiary/aromatic N) is 1. The molecule has 0 radical (unpaired) electrons. The van der Waals surface area contributed by atoms with Crippen LogP contribution in [0.3, 0.4) is 0 Å². The summed E-state index contributed by atoms with van der Waals surface area (Å²) in [6.07, 6.45) is 2.08. The number of aryl methyl sites for hydroxylation is 1. The highest BCUT2D eigenvalue weighted by Gasteiger charge is 2.58. The van der Waals surface area contributed by atoms with Gasteiger partial charge in [-0.2, -0.15) is 0 Å². The predicted molar refractivity (Wildman–Crippen MR) is 113 cm³/mol. The molecule has 0 bridgehead atoms. The Morgan fingerprint density at radius 1 is 1.23 bits per heavy atom. The fraction of sp³-hybridized carbons (Fsp3) is 0.708. The van der Waals surface area contributed by atoms with E-state index >= 15 is 0 Å². The molecule has 2 aliphatic heterocycles. The number of hydrogen-bond acceptors (Lipinski definition) is 5. The number of benzene rings is 1. The van der Waals surface area contributed by atoms with Gasteiger partial charge < -0.3 is 24.2 Å². The van der Waals surface area contributed by atoms with Crippen LogP contribution in [0, 0.1) is 18.3 Å². The van der Waals surface area contributed by atoms with Crippen LogP contribution in [0.2, 0.25) is 0 Å². The van der Waals surface area contributed by atoms with Gasteiger partial charge >= 0.3 is 6.09 Å². The molecule has 6 nitrogen and oxygen atoms in total. The number of fused-ring (bicyclic) bond motifs is 1. The molecule has 3 atom stereocenters. The summed E-state index contributed by atoms with van der Waals surface area (Å²) in [5, 5.41) is 11.7. The number of carbonyl (C=O) groups excluding carboxylic acids is 1. The normalized spacial score (nSPS) is 29.5. The molecule has 3 fully saturated rings. The molecular weight excluding hydrogens is 382 g/mol. The molecule has 2 heterocycles. The molecule has 1 amide bonds. The summed E-state index contributed by atoms with van der Waals surface area (Å²) in [6.45, 7) is 10.1. The first kappa shape index (κ1) is 21.6. The van der Waals surface area contributed by atoms with Gasteiger partial charge in [0.1, 0.15) is 5.60 Å². The van der Waals surface area contributed by atoms with Crippen molar-refractivity contribution in [3.05, 3.63) is 35.4 Å². The number of ether oxygens (including phenoxy) is 3. The number of piperidine rings is 1. The Hall–Kier alpha value is -1.63. The van der Waals surface area contributed by atoms with Crippen molar-refractivity contribution in [2.24, 2.45) is 11.3 Å². The zero-order valence-corrected chi connectivity index (χ0v) is 18.6. The molecule has 4 rings (SSSR count). The Kier molecular flexibility index (Phi) is 5.62. The van der Waals surface area contributed by atoms with Crippen LogP contribution < -0.4 is 0 Å². The van der Waals surface area contributed by atoms with Crippen LogP contribution in [0.1, 0.15) is 63.7 Å². The van der Waals surface area contributed by atoms with E-state index in [4.69, 9.17) is 14.2 Å². The summed E-state index contributed by atoms with van der Waals surface area (Å²) in [7, 11) is 0. The van der Waals surface area contributed by atoms with Crippen LogP contribution in [0.5, 0.6) is 0 Å². The van der Waals surface area contributed by atoms with E-state index in [2.05, 4.69) is 0 Å². The van der Waals surface area contributed by atoms with E-state index < -0.39 is 22.9 Å². The van der Waals surface area contributed by atoms with Gasteiger partial charge in [-0.25, -0.2) is 4.79 Å². The quantitative estimate of drug-likeness (QED) is 0.781. The Balaban J connectivity index is 1.65. The highest BCUT2D eigenvalue weighted by Crippen LogP contribution is 2.57. The molecule has 3 aliphatic rings. The molecule has 2 saturated heterocycles. The average Bonchev–Trinajstić information content (AvgIpc) is 3.14. The molecule has 1 N–H and O–H groups in total. The van der Waals surface area contributed by atoms with Gasteiger partial charge in [0.05, 0.1) is 19.3 Å². The third-order valence-electron chi connectivity index (χ3n) is 7.07. The minimum atomic E-state index is -0.660. The van der Waals surface area contributed by atoms with Crippen LogP contribution in [0.25, 0.3) is 0 Å². The minimum absolute atomic E-state index is 0.206. The van der Waals surface area contributed by atoms with Gasteiger partial charge in [-0.05, 0) is 57.6 Å². The number of amides is 1. The number of aliphatic hydroxyl groups excluding tert-OH is 1. The van der Waals surface area contributed by atoms with Crippen molar-refractivity contribution < 1.29 is 24.1 Å². The third-order valence-corrected chi connectivity index (χ3v) is 7.07. The Morgan fingerprint density at radius 2 is 1.93 bits per heavy atom. The van der Waals surface area contributed by atoms with Crippen molar-refractivity contribution in [2.45, 2.75) is 70.9 Å². The lowest BCUT2D eigenvalue weighted by molar-refractivity contribution is -0.230. The number of hydrogen-bond donors (Lipinski definition) is 1. The average molecular weight is 418 g/mol. The summed E-state index contributed by atoms with van der Waals surface area (Å²) in [6, 6.07) is 8.00. The van der Waals surface area contributed by atoms with Gasteiger partial charge in [0.25, 0.3) is 0 Å². The van der Waals surface area contributed by atoms with Gasteiger partial charge in [0.15, 0.2) is 5.79 Å². The first-order chi connectivity index (χ1) is 14.1. The first-order valence-electron chi connectivity index (χ1n) is 11.1. The zero-order chi connectivity index (χ0) is 21.6. The van der Waals surface area contributed by atoms with Crippen molar-refractivity contribution in [3.63, 3.8) is 0 Å². The Labute approximate surface area is 179 Å². The van der Waals surface area contributed by atoms with Crippen molar-refractivity contribution in [3.8, 4) is 0 Å². The summed E-state index contributed by atoms with van der Waals surface area (Å²) >= 11 is 0. The molecule has 1 spiro atoms. The lowest BCUT2D eigenvalue weighted by Crippen LogP contribution is -2.59. The van der Waals surface area contributed by atoms with Crippen molar-refractivity contribution in [1.82, 2.24) is 4.90 Å². The first-order valence-corrected chi connectivity index (χ1v) is 11.1. The molecule has 0 aromatic heterocycles. The highest BCUT2D eigenvalue weighted by molar-refractivity contribution is 5.68. The summed E-state index contributed by atoms with van der Waals surface area (Å²) < 4.78 is 17.7. The lowest BCUT2D eigenvalue weighted by atomic mass is 9.57. The maximum atomic E-state index is 12.9. The lowest BCUT2D eigenvalue weighted by Gasteiger charge is -2.56. The van der Waals surface area contributed by atoms with Gasteiger partial charge in [-0.15, -0.1) is 0 Å². The summed E-state index contributed by atoms with van der Waals surface area (Å²) in [5.74, 6) is -0.314. The van der Waals surface area contributed by atoms with E-state index in [1.54, 1.807) is 4.90 Å². The zero-order valence-electron chi connectivity index (χ0n) is 18.6. The van der Waals surface area contributed by atoms with E-state index in [-0.39, 0.29) is 12.0 Å². The van der Waals surface area contributed by atoms with Crippen LogP contribution in [0.15, 0.2) is 24.3 Å². The van der Waals surface area contributed by atoms with Crippen LogP contribution in [-0.2, 0) is 14.2 Å². The summed E-state index contributed by atoms with van der Waals surface area (Å²) in [4.78, 5) is 14.7. The fourth-order valence-corrected chi connectivity index (χ4v) is 5.54. The van der Waals surface area contributed by atoms with Gasteiger partial charge in [-0.3, -0.25) is 0 Å². The van der Waals surface area contributed by atoms with Crippen LogP contribution in [-0.4, -0.2) is 53.8 Å². The molecule has 1 saturated carbocycles. The monoisotopic (exact) mass is 417 g/mol. The standard InChI is InChI=1S/C24H35NO5/c1-17-7-5-6-8-19(17)20(26)23-10-11-24(28-13-14-29-24)15-18(23)9-12-25(16-23)21(27)30-22(2,3)4/h5-8,18,20,26H,9-16H2,1-4H3/t18-,20?,23-/m0/s1. The van der Waals surface area contributed by atoms with Gasteiger partial charge in [0.2, 0.25) is 0 Å². The molecule has 1 unspecified atom stereocenters. The molecule has 1 aromatic rings. The largest absolute Gasteiger partial charge is 0.444 e. The maximum absolute atomic E-state index is 12.9. The number of rotatable bonds is 2. The molecule has 30 heavy (non-hydrogen) atoms. The molecule has 166 valence electrons.